The summed E-state index contributed by atoms with van der Waals surface area (Å²) in [6, 6.07) is 9.79. The maximum absolute atomic E-state index is 13.7. The zero-order chi connectivity index (χ0) is 25.8. The van der Waals surface area contributed by atoms with E-state index < -0.39 is 5.54 Å². The maximum atomic E-state index is 13.7. The molecule has 1 saturated heterocycles. The molecule has 4 heterocycles. The number of piperazine rings is 1. The Morgan fingerprint density at radius 2 is 1.83 bits per heavy atom. The Morgan fingerprint density at radius 3 is 2.47 bits per heavy atom. The van der Waals surface area contributed by atoms with Crippen molar-refractivity contribution in [3.8, 4) is 11.3 Å². The van der Waals surface area contributed by atoms with Crippen molar-refractivity contribution < 1.29 is 14.0 Å². The Kier molecular flexibility index (Phi) is 5.42. The van der Waals surface area contributed by atoms with Crippen molar-refractivity contribution in [3.05, 3.63) is 65.9 Å². The second-order valence-electron chi connectivity index (χ2n) is 10.5. The molecule has 9 nitrogen and oxygen atoms in total. The molecule has 186 valence electrons. The average molecular weight is 490 g/mol. The Morgan fingerprint density at radius 1 is 1.11 bits per heavy atom. The van der Waals surface area contributed by atoms with Crippen LogP contribution in [-0.2, 0) is 10.2 Å². The average Bonchev–Trinajstić information content (AvgIpc) is 3.49. The normalized spacial score (nSPS) is 16.1. The Bertz CT molecular complexity index is 1450. The van der Waals surface area contributed by atoms with E-state index in [1.54, 1.807) is 58.8 Å². The molecule has 5 rings (SSSR count). The number of anilines is 1. The number of halogens is 1. The largest absolute Gasteiger partial charge is 0.321 e. The highest BCUT2D eigenvalue weighted by Crippen LogP contribution is 2.31. The van der Waals surface area contributed by atoms with Gasteiger partial charge < -0.3 is 4.90 Å². The van der Waals surface area contributed by atoms with Crippen LogP contribution in [0, 0.1) is 5.82 Å². The molecule has 4 aromatic rings. The fourth-order valence-electron chi connectivity index (χ4n) is 4.54. The summed E-state index contributed by atoms with van der Waals surface area (Å²) in [6.45, 7) is 10.3. The van der Waals surface area contributed by atoms with E-state index in [-0.39, 0.29) is 28.7 Å². The van der Waals surface area contributed by atoms with Crippen molar-refractivity contribution in [2.75, 3.05) is 18.0 Å². The lowest BCUT2D eigenvalue weighted by Gasteiger charge is -2.44. The molecule has 1 aromatic carbocycles. The van der Waals surface area contributed by atoms with Crippen LogP contribution in [0.25, 0.3) is 16.9 Å². The number of rotatable bonds is 3. The number of amides is 2. The first kappa shape index (κ1) is 23.7. The van der Waals surface area contributed by atoms with E-state index in [0.29, 0.717) is 30.2 Å². The van der Waals surface area contributed by atoms with Crippen molar-refractivity contribution in [2.45, 2.75) is 45.6 Å². The topological polar surface area (TPSA) is 99.5 Å². The molecule has 0 saturated carbocycles. The highest BCUT2D eigenvalue weighted by molar-refractivity contribution is 6.05. The molecular weight excluding hydrogens is 461 g/mol. The van der Waals surface area contributed by atoms with Gasteiger partial charge in [-0.25, -0.2) is 13.9 Å². The number of H-pyrrole nitrogens is 1. The van der Waals surface area contributed by atoms with Gasteiger partial charge in [-0.1, -0.05) is 20.8 Å². The highest BCUT2D eigenvalue weighted by atomic mass is 19.1. The maximum Gasteiger partial charge on any atom is 0.275 e. The van der Waals surface area contributed by atoms with Crippen LogP contribution in [0.3, 0.4) is 0 Å². The molecule has 0 atom stereocenters. The zero-order valence-corrected chi connectivity index (χ0v) is 20.9. The molecule has 0 spiro atoms. The van der Waals surface area contributed by atoms with Gasteiger partial charge in [0, 0.05) is 36.5 Å². The number of carbonyl (C=O) groups is 2. The van der Waals surface area contributed by atoms with E-state index in [1.165, 1.54) is 12.1 Å². The van der Waals surface area contributed by atoms with E-state index in [4.69, 9.17) is 0 Å². The quantitative estimate of drug-likeness (QED) is 0.472. The standard InChI is InChI=1S/C26H28FN7O2/c1-25(2,3)18-14-19(16-6-8-17(27)9-7-16)31-34-15-20(29-22(18)34)23(35)33-13-12-32(21-10-11-28-30-21)24(36)26(33,4)5/h6-11,14-15H,12-13H2,1-5H3,(H,28,30). The highest BCUT2D eigenvalue weighted by Gasteiger charge is 2.46. The van der Waals surface area contributed by atoms with Crippen LogP contribution in [0.15, 0.2) is 48.8 Å². The number of aromatic amines is 1. The number of imidazole rings is 1. The molecule has 0 aliphatic carbocycles. The summed E-state index contributed by atoms with van der Waals surface area (Å²) in [5, 5.41) is 11.5. The van der Waals surface area contributed by atoms with Gasteiger partial charge >= 0.3 is 0 Å². The number of carbonyl (C=O) groups excluding carboxylic acids is 2. The minimum Gasteiger partial charge on any atom is -0.321 e. The third-order valence-corrected chi connectivity index (χ3v) is 6.59. The molecule has 0 bridgehead atoms. The molecule has 1 aliphatic rings. The van der Waals surface area contributed by atoms with Gasteiger partial charge in [-0.2, -0.15) is 10.2 Å². The van der Waals surface area contributed by atoms with Crippen LogP contribution in [0.1, 0.15) is 50.7 Å². The van der Waals surface area contributed by atoms with Crippen LogP contribution in [0.2, 0.25) is 0 Å². The Balaban J connectivity index is 1.53. The predicted octanol–water partition coefficient (Wildman–Crippen LogP) is 3.82. The number of benzene rings is 1. The van der Waals surface area contributed by atoms with Crippen molar-refractivity contribution in [1.82, 2.24) is 29.7 Å². The third-order valence-electron chi connectivity index (χ3n) is 6.59. The molecule has 0 unspecified atom stereocenters. The van der Waals surface area contributed by atoms with Gasteiger partial charge in [-0.3, -0.25) is 19.6 Å². The summed E-state index contributed by atoms with van der Waals surface area (Å²) < 4.78 is 15.1. The lowest BCUT2D eigenvalue weighted by atomic mass is 9.87. The summed E-state index contributed by atoms with van der Waals surface area (Å²) >= 11 is 0. The fourth-order valence-corrected chi connectivity index (χ4v) is 4.54. The number of nitrogens with one attached hydrogen (secondary N) is 1. The summed E-state index contributed by atoms with van der Waals surface area (Å²) in [7, 11) is 0. The number of nitrogens with zero attached hydrogens (tertiary/aromatic N) is 6. The summed E-state index contributed by atoms with van der Waals surface area (Å²) in [5.74, 6) is -0.357. The van der Waals surface area contributed by atoms with Crippen LogP contribution >= 0.6 is 0 Å². The van der Waals surface area contributed by atoms with E-state index in [0.717, 1.165) is 11.1 Å². The van der Waals surface area contributed by atoms with Crippen molar-refractivity contribution in [1.29, 1.82) is 0 Å². The number of aromatic nitrogens is 5. The van der Waals surface area contributed by atoms with Gasteiger partial charge in [-0.15, -0.1) is 0 Å². The second-order valence-corrected chi connectivity index (χ2v) is 10.5. The zero-order valence-electron chi connectivity index (χ0n) is 20.9. The van der Waals surface area contributed by atoms with Crippen LogP contribution in [-0.4, -0.2) is 60.1 Å². The van der Waals surface area contributed by atoms with Gasteiger partial charge in [0.2, 0.25) is 0 Å². The van der Waals surface area contributed by atoms with Gasteiger partial charge in [-0.05, 0) is 49.6 Å². The van der Waals surface area contributed by atoms with E-state index in [2.05, 4.69) is 41.1 Å². The van der Waals surface area contributed by atoms with Gasteiger partial charge in [0.25, 0.3) is 11.8 Å². The number of fused-ring (bicyclic) bond motifs is 1. The molecule has 1 aliphatic heterocycles. The molecule has 1 N–H and O–H groups in total. The molecular formula is C26H28FN7O2. The SMILES string of the molecule is CC(C)(C)c1cc(-c2ccc(F)cc2)nn2cc(C(=O)N3CCN(c4cc[nH]n4)C(=O)C3(C)C)nc12. The van der Waals surface area contributed by atoms with Crippen molar-refractivity contribution in [2.24, 2.45) is 0 Å². The van der Waals surface area contributed by atoms with E-state index in [1.807, 2.05) is 6.07 Å². The molecule has 1 fully saturated rings. The second kappa shape index (κ2) is 8.25. The molecule has 0 radical (unpaired) electrons. The minimum atomic E-state index is -1.09. The summed E-state index contributed by atoms with van der Waals surface area (Å²) in [4.78, 5) is 34.8. The Labute approximate surface area is 207 Å². The molecule has 2 amide bonds. The number of hydrogen-bond acceptors (Lipinski definition) is 5. The molecule has 36 heavy (non-hydrogen) atoms. The smallest absolute Gasteiger partial charge is 0.275 e. The van der Waals surface area contributed by atoms with Gasteiger partial charge in [0.05, 0.1) is 11.9 Å². The monoisotopic (exact) mass is 489 g/mol. The molecule has 10 heteroatoms. The van der Waals surface area contributed by atoms with Gasteiger partial charge in [0.1, 0.15) is 17.1 Å². The lowest BCUT2D eigenvalue weighted by molar-refractivity contribution is -0.129. The van der Waals surface area contributed by atoms with E-state index in [9.17, 15) is 14.0 Å². The van der Waals surface area contributed by atoms with Crippen LogP contribution in [0.4, 0.5) is 10.2 Å². The predicted molar refractivity (Wildman–Crippen MR) is 133 cm³/mol. The Hall–Kier alpha value is -4.08. The first-order valence-corrected chi connectivity index (χ1v) is 11.8. The van der Waals surface area contributed by atoms with Gasteiger partial charge in [0.15, 0.2) is 11.5 Å². The lowest BCUT2D eigenvalue weighted by Crippen LogP contribution is -2.65. The summed E-state index contributed by atoms with van der Waals surface area (Å²) in [6.07, 6.45) is 3.25. The fraction of sp³-hybridized carbons (Fsp3) is 0.346. The van der Waals surface area contributed by atoms with Crippen molar-refractivity contribution >= 4 is 23.3 Å². The van der Waals surface area contributed by atoms with E-state index >= 15 is 0 Å². The third kappa shape index (κ3) is 3.92. The van der Waals surface area contributed by atoms with Crippen LogP contribution < -0.4 is 4.90 Å². The summed E-state index contributed by atoms with van der Waals surface area (Å²) in [5.41, 5.74) is 1.68. The first-order valence-electron chi connectivity index (χ1n) is 11.8. The minimum absolute atomic E-state index is 0.207. The van der Waals surface area contributed by atoms with Crippen LogP contribution in [0.5, 0.6) is 0 Å². The first-order chi connectivity index (χ1) is 17.0. The molecule has 3 aromatic heterocycles. The number of hydrogen-bond donors (Lipinski definition) is 1. The van der Waals surface area contributed by atoms with Crippen molar-refractivity contribution in [3.63, 3.8) is 0 Å².